The van der Waals surface area contributed by atoms with Crippen molar-refractivity contribution in [2.45, 2.75) is 27.3 Å². The van der Waals surface area contributed by atoms with Gasteiger partial charge in [0.15, 0.2) is 0 Å². The van der Waals surface area contributed by atoms with Crippen LogP contribution in [0.1, 0.15) is 22.3 Å². The van der Waals surface area contributed by atoms with Crippen molar-refractivity contribution in [3.63, 3.8) is 0 Å². The predicted molar refractivity (Wildman–Crippen MR) is 60.2 cm³/mol. The van der Waals surface area contributed by atoms with E-state index in [9.17, 15) is 5.11 Å². The van der Waals surface area contributed by atoms with E-state index in [4.69, 9.17) is 17.1 Å². The molecule has 80 valence electrons. The summed E-state index contributed by atoms with van der Waals surface area (Å²) in [7, 11) is 0. The standard InChI is InChI=1S/C10H12ClN3O/c1-5-6(2)10(15)8(4-13-14-12)7(3)9(5)11/h15H,4H2,1-3H3. The summed E-state index contributed by atoms with van der Waals surface area (Å²) in [5.74, 6) is 0.168. The Morgan fingerprint density at radius 2 is 1.87 bits per heavy atom. The normalized spacial score (nSPS) is 9.87. The number of hydrogen-bond donors (Lipinski definition) is 1. The summed E-state index contributed by atoms with van der Waals surface area (Å²) in [4.78, 5) is 2.67. The fourth-order valence-corrected chi connectivity index (χ4v) is 1.71. The van der Waals surface area contributed by atoms with Gasteiger partial charge in [-0.3, -0.25) is 0 Å². The largest absolute Gasteiger partial charge is 0.507 e. The van der Waals surface area contributed by atoms with Gasteiger partial charge in [0.25, 0.3) is 0 Å². The van der Waals surface area contributed by atoms with E-state index in [-0.39, 0.29) is 12.3 Å². The number of hydrogen-bond acceptors (Lipinski definition) is 2. The predicted octanol–water partition coefficient (Wildman–Crippen LogP) is 3.78. The highest BCUT2D eigenvalue weighted by Crippen LogP contribution is 2.35. The number of halogens is 1. The first-order valence-electron chi connectivity index (χ1n) is 4.48. The van der Waals surface area contributed by atoms with Crippen LogP contribution in [0.3, 0.4) is 0 Å². The summed E-state index contributed by atoms with van der Waals surface area (Å²) < 4.78 is 0. The number of rotatable bonds is 2. The molecule has 0 radical (unpaired) electrons. The van der Waals surface area contributed by atoms with Gasteiger partial charge in [-0.15, -0.1) is 0 Å². The van der Waals surface area contributed by atoms with Crippen molar-refractivity contribution in [3.05, 3.63) is 37.7 Å². The van der Waals surface area contributed by atoms with Gasteiger partial charge >= 0.3 is 0 Å². The first-order chi connectivity index (χ1) is 7.00. The van der Waals surface area contributed by atoms with Gasteiger partial charge < -0.3 is 5.11 Å². The maximum Gasteiger partial charge on any atom is 0.122 e. The van der Waals surface area contributed by atoms with Crippen molar-refractivity contribution in [2.75, 3.05) is 0 Å². The van der Waals surface area contributed by atoms with Crippen molar-refractivity contribution in [1.29, 1.82) is 0 Å². The molecule has 5 heteroatoms. The molecule has 0 aliphatic heterocycles. The van der Waals surface area contributed by atoms with Crippen molar-refractivity contribution < 1.29 is 5.11 Å². The second kappa shape index (κ2) is 4.43. The minimum Gasteiger partial charge on any atom is -0.507 e. The summed E-state index contributed by atoms with van der Waals surface area (Å²) in [6.45, 7) is 5.56. The van der Waals surface area contributed by atoms with Gasteiger partial charge in [0, 0.05) is 15.5 Å². The van der Waals surface area contributed by atoms with Crippen molar-refractivity contribution >= 4 is 11.6 Å². The van der Waals surface area contributed by atoms with E-state index >= 15 is 0 Å². The zero-order valence-electron chi connectivity index (χ0n) is 8.87. The van der Waals surface area contributed by atoms with Crippen molar-refractivity contribution in [1.82, 2.24) is 0 Å². The lowest BCUT2D eigenvalue weighted by Crippen LogP contribution is -1.95. The quantitative estimate of drug-likeness (QED) is 0.464. The molecule has 1 rings (SSSR count). The molecule has 0 atom stereocenters. The maximum atomic E-state index is 9.87. The Morgan fingerprint density at radius 3 is 2.40 bits per heavy atom. The number of phenols is 1. The third-order valence-electron chi connectivity index (χ3n) is 2.61. The van der Waals surface area contributed by atoms with Gasteiger partial charge in [-0.05, 0) is 43.0 Å². The molecule has 15 heavy (non-hydrogen) atoms. The summed E-state index contributed by atoms with van der Waals surface area (Å²) in [6, 6.07) is 0. The van der Waals surface area contributed by atoms with Gasteiger partial charge in [-0.2, -0.15) is 0 Å². The van der Waals surface area contributed by atoms with Crippen molar-refractivity contribution in [2.24, 2.45) is 5.11 Å². The van der Waals surface area contributed by atoms with E-state index in [1.54, 1.807) is 13.8 Å². The van der Waals surface area contributed by atoms with Crippen LogP contribution in [0.15, 0.2) is 5.11 Å². The molecule has 1 aromatic rings. The molecule has 0 fully saturated rings. The van der Waals surface area contributed by atoms with Gasteiger partial charge in [-0.1, -0.05) is 16.7 Å². The van der Waals surface area contributed by atoms with Crippen LogP contribution in [-0.2, 0) is 6.54 Å². The zero-order valence-corrected chi connectivity index (χ0v) is 9.63. The molecular formula is C10H12ClN3O. The van der Waals surface area contributed by atoms with Crippen LogP contribution in [0.5, 0.6) is 5.75 Å². The molecule has 1 N–H and O–H groups in total. The minimum absolute atomic E-state index is 0.120. The van der Waals surface area contributed by atoms with Crippen LogP contribution in [-0.4, -0.2) is 5.11 Å². The smallest absolute Gasteiger partial charge is 0.122 e. The monoisotopic (exact) mass is 225 g/mol. The summed E-state index contributed by atoms with van der Waals surface area (Å²) >= 11 is 6.09. The number of azide groups is 1. The Morgan fingerprint density at radius 1 is 1.27 bits per heavy atom. The van der Waals surface area contributed by atoms with Crippen LogP contribution >= 0.6 is 11.6 Å². The van der Waals surface area contributed by atoms with Gasteiger partial charge in [0.1, 0.15) is 5.75 Å². The third kappa shape index (κ3) is 2.01. The first-order valence-corrected chi connectivity index (χ1v) is 4.86. The van der Waals surface area contributed by atoms with Crippen LogP contribution in [0.25, 0.3) is 10.4 Å². The van der Waals surface area contributed by atoms with E-state index in [1.807, 2.05) is 6.92 Å². The molecule has 0 saturated heterocycles. The summed E-state index contributed by atoms with van der Waals surface area (Å²) in [6.07, 6.45) is 0. The molecular weight excluding hydrogens is 214 g/mol. The summed E-state index contributed by atoms with van der Waals surface area (Å²) in [5, 5.41) is 13.9. The Balaban J connectivity index is 3.44. The zero-order chi connectivity index (χ0) is 11.6. The van der Waals surface area contributed by atoms with E-state index in [0.29, 0.717) is 10.6 Å². The third-order valence-corrected chi connectivity index (χ3v) is 3.17. The minimum atomic E-state index is 0.120. The molecule has 0 spiro atoms. The molecule has 0 heterocycles. The average molecular weight is 226 g/mol. The highest BCUT2D eigenvalue weighted by molar-refractivity contribution is 6.32. The fraction of sp³-hybridized carbons (Fsp3) is 0.400. The lowest BCUT2D eigenvalue weighted by molar-refractivity contribution is 0.463. The van der Waals surface area contributed by atoms with E-state index < -0.39 is 0 Å². The first kappa shape index (κ1) is 11.7. The molecule has 0 bridgehead atoms. The van der Waals surface area contributed by atoms with E-state index in [1.165, 1.54) is 0 Å². The fourth-order valence-electron chi connectivity index (χ4n) is 1.46. The molecule has 0 unspecified atom stereocenters. The molecule has 0 aliphatic rings. The molecule has 1 aromatic carbocycles. The van der Waals surface area contributed by atoms with Crippen LogP contribution in [0, 0.1) is 20.8 Å². The number of benzene rings is 1. The highest BCUT2D eigenvalue weighted by atomic mass is 35.5. The molecule has 0 aromatic heterocycles. The maximum absolute atomic E-state index is 9.87. The Labute approximate surface area is 93.1 Å². The Kier molecular flexibility index (Phi) is 3.45. The van der Waals surface area contributed by atoms with E-state index in [0.717, 1.165) is 16.7 Å². The lowest BCUT2D eigenvalue weighted by Gasteiger charge is -2.14. The average Bonchev–Trinajstić information content (AvgIpc) is 2.24. The topological polar surface area (TPSA) is 69.0 Å². The van der Waals surface area contributed by atoms with Crippen LogP contribution in [0.4, 0.5) is 0 Å². The summed E-state index contributed by atoms with van der Waals surface area (Å²) in [5.41, 5.74) is 11.2. The lowest BCUT2D eigenvalue weighted by atomic mass is 9.99. The Bertz CT molecular complexity index is 421. The van der Waals surface area contributed by atoms with Gasteiger partial charge in [0.05, 0.1) is 6.54 Å². The van der Waals surface area contributed by atoms with E-state index in [2.05, 4.69) is 10.0 Å². The Hall–Kier alpha value is -1.38. The van der Waals surface area contributed by atoms with Crippen LogP contribution < -0.4 is 0 Å². The van der Waals surface area contributed by atoms with Crippen molar-refractivity contribution in [3.8, 4) is 5.75 Å². The molecule has 0 amide bonds. The molecule has 0 aliphatic carbocycles. The second-order valence-electron chi connectivity index (χ2n) is 3.41. The molecule has 4 nitrogen and oxygen atoms in total. The number of phenolic OH excluding ortho intramolecular Hbond substituents is 1. The van der Waals surface area contributed by atoms with Gasteiger partial charge in [0.2, 0.25) is 0 Å². The number of nitrogens with zero attached hydrogens (tertiary/aromatic N) is 3. The second-order valence-corrected chi connectivity index (χ2v) is 3.78. The molecule has 0 saturated carbocycles. The highest BCUT2D eigenvalue weighted by Gasteiger charge is 2.14. The van der Waals surface area contributed by atoms with Gasteiger partial charge in [-0.25, -0.2) is 0 Å². The number of aromatic hydroxyl groups is 1. The SMILES string of the molecule is Cc1c(C)c(Cl)c(C)c(CN=[N+]=[N-])c1O. The van der Waals surface area contributed by atoms with Crippen LogP contribution in [0.2, 0.25) is 5.02 Å².